The van der Waals surface area contributed by atoms with Crippen LogP contribution in [0.2, 0.25) is 0 Å². The number of nitrogens with one attached hydrogen (secondary N) is 2. The summed E-state index contributed by atoms with van der Waals surface area (Å²) in [6.07, 6.45) is 0. The standard InChI is InChI=1S/C16H17N3O3S/c1-9-8-23-16(12(9)13(17)20)18-10(2)14(21)19-15(22)11-6-4-3-5-7-11/h3-8,10,18H,1-2H3,(H2,17,20)(H,19,21,22). The first kappa shape index (κ1) is 16.7. The molecule has 23 heavy (non-hydrogen) atoms. The van der Waals surface area contributed by atoms with E-state index in [1.54, 1.807) is 49.6 Å². The molecular weight excluding hydrogens is 314 g/mol. The van der Waals surface area contributed by atoms with Gasteiger partial charge in [-0.25, -0.2) is 0 Å². The average molecular weight is 331 g/mol. The summed E-state index contributed by atoms with van der Waals surface area (Å²) in [4.78, 5) is 35.5. The number of thiophene rings is 1. The lowest BCUT2D eigenvalue weighted by Gasteiger charge is -2.14. The van der Waals surface area contributed by atoms with Crippen LogP contribution in [0.4, 0.5) is 5.00 Å². The van der Waals surface area contributed by atoms with E-state index in [4.69, 9.17) is 5.73 Å². The summed E-state index contributed by atoms with van der Waals surface area (Å²) in [5, 5.41) is 7.54. The number of nitrogens with two attached hydrogens (primary N) is 1. The van der Waals surface area contributed by atoms with Crippen molar-refractivity contribution in [1.82, 2.24) is 5.32 Å². The van der Waals surface area contributed by atoms with Crippen LogP contribution in [0, 0.1) is 6.92 Å². The van der Waals surface area contributed by atoms with Gasteiger partial charge in [-0.3, -0.25) is 19.7 Å². The van der Waals surface area contributed by atoms with E-state index in [1.807, 2.05) is 0 Å². The number of imide groups is 1. The lowest BCUT2D eigenvalue weighted by Crippen LogP contribution is -2.41. The van der Waals surface area contributed by atoms with E-state index in [0.717, 1.165) is 5.56 Å². The van der Waals surface area contributed by atoms with E-state index in [2.05, 4.69) is 10.6 Å². The maximum Gasteiger partial charge on any atom is 0.257 e. The Morgan fingerprint density at radius 2 is 1.83 bits per heavy atom. The van der Waals surface area contributed by atoms with E-state index < -0.39 is 23.8 Å². The number of aryl methyl sites for hydroxylation is 1. The van der Waals surface area contributed by atoms with Gasteiger partial charge in [0.1, 0.15) is 11.0 Å². The van der Waals surface area contributed by atoms with Crippen molar-refractivity contribution < 1.29 is 14.4 Å². The smallest absolute Gasteiger partial charge is 0.257 e. The van der Waals surface area contributed by atoms with E-state index in [0.29, 0.717) is 16.1 Å². The minimum absolute atomic E-state index is 0.365. The molecule has 0 aliphatic rings. The van der Waals surface area contributed by atoms with Crippen LogP contribution in [-0.4, -0.2) is 23.8 Å². The molecule has 0 saturated heterocycles. The fourth-order valence-electron chi connectivity index (χ4n) is 2.00. The molecule has 1 atom stereocenters. The number of rotatable bonds is 5. The monoisotopic (exact) mass is 331 g/mol. The SMILES string of the molecule is Cc1csc(NC(C)C(=O)NC(=O)c2ccccc2)c1C(N)=O. The third kappa shape index (κ3) is 3.95. The summed E-state index contributed by atoms with van der Waals surface area (Å²) in [5.41, 5.74) is 6.86. The lowest BCUT2D eigenvalue weighted by atomic mass is 10.2. The van der Waals surface area contributed by atoms with Crippen LogP contribution >= 0.6 is 11.3 Å². The van der Waals surface area contributed by atoms with Gasteiger partial charge in [0.15, 0.2) is 0 Å². The van der Waals surface area contributed by atoms with Gasteiger partial charge in [0.2, 0.25) is 5.91 Å². The number of primary amides is 1. The molecule has 1 heterocycles. The molecule has 3 amide bonds. The summed E-state index contributed by atoms with van der Waals surface area (Å²) >= 11 is 1.29. The Kier molecular flexibility index (Phi) is 5.13. The minimum Gasteiger partial charge on any atom is -0.365 e. The summed E-state index contributed by atoms with van der Waals surface area (Å²) in [6, 6.07) is 7.76. The van der Waals surface area contributed by atoms with Crippen LogP contribution in [0.15, 0.2) is 35.7 Å². The molecule has 1 aromatic carbocycles. The van der Waals surface area contributed by atoms with Crippen LogP contribution in [0.3, 0.4) is 0 Å². The van der Waals surface area contributed by atoms with E-state index in [1.165, 1.54) is 11.3 Å². The maximum absolute atomic E-state index is 12.1. The molecule has 0 aliphatic heterocycles. The third-order valence-electron chi connectivity index (χ3n) is 3.23. The molecule has 1 unspecified atom stereocenters. The van der Waals surface area contributed by atoms with Gasteiger partial charge in [0.25, 0.3) is 11.8 Å². The molecule has 2 rings (SSSR count). The molecule has 6 nitrogen and oxygen atoms in total. The molecule has 1 aromatic heterocycles. The van der Waals surface area contributed by atoms with Gasteiger partial charge in [-0.1, -0.05) is 18.2 Å². The number of benzene rings is 1. The highest BCUT2D eigenvalue weighted by Gasteiger charge is 2.20. The van der Waals surface area contributed by atoms with Gasteiger partial charge in [-0.2, -0.15) is 0 Å². The van der Waals surface area contributed by atoms with Crippen molar-refractivity contribution in [3.8, 4) is 0 Å². The summed E-state index contributed by atoms with van der Waals surface area (Å²) < 4.78 is 0. The first-order valence-electron chi connectivity index (χ1n) is 6.94. The summed E-state index contributed by atoms with van der Waals surface area (Å²) in [6.45, 7) is 3.37. The zero-order valence-corrected chi connectivity index (χ0v) is 13.6. The van der Waals surface area contributed by atoms with Crippen molar-refractivity contribution in [2.75, 3.05) is 5.32 Å². The van der Waals surface area contributed by atoms with Gasteiger partial charge in [-0.15, -0.1) is 11.3 Å². The largest absolute Gasteiger partial charge is 0.365 e. The quantitative estimate of drug-likeness (QED) is 0.779. The van der Waals surface area contributed by atoms with E-state index in [-0.39, 0.29) is 0 Å². The lowest BCUT2D eigenvalue weighted by molar-refractivity contribution is -0.120. The molecule has 0 aliphatic carbocycles. The maximum atomic E-state index is 12.1. The predicted molar refractivity (Wildman–Crippen MR) is 89.6 cm³/mol. The Balaban J connectivity index is 2.04. The highest BCUT2D eigenvalue weighted by atomic mass is 32.1. The Morgan fingerprint density at radius 1 is 1.17 bits per heavy atom. The Labute approximate surface area is 137 Å². The van der Waals surface area contributed by atoms with Crippen molar-refractivity contribution >= 4 is 34.1 Å². The van der Waals surface area contributed by atoms with Gasteiger partial charge in [-0.05, 0) is 36.9 Å². The third-order valence-corrected chi connectivity index (χ3v) is 4.26. The molecule has 2 aromatic rings. The first-order valence-corrected chi connectivity index (χ1v) is 7.82. The molecule has 120 valence electrons. The zero-order valence-electron chi connectivity index (χ0n) is 12.8. The molecule has 0 saturated carbocycles. The second kappa shape index (κ2) is 7.06. The summed E-state index contributed by atoms with van der Waals surface area (Å²) in [7, 11) is 0. The summed E-state index contributed by atoms with van der Waals surface area (Å²) in [5.74, 6) is -1.51. The second-order valence-electron chi connectivity index (χ2n) is 5.04. The average Bonchev–Trinajstić information content (AvgIpc) is 2.88. The molecule has 0 spiro atoms. The van der Waals surface area contributed by atoms with Crippen molar-refractivity contribution in [3.63, 3.8) is 0 Å². The topological polar surface area (TPSA) is 101 Å². The van der Waals surface area contributed by atoms with Gasteiger partial charge >= 0.3 is 0 Å². The Bertz CT molecular complexity index is 740. The highest BCUT2D eigenvalue weighted by Crippen LogP contribution is 2.27. The second-order valence-corrected chi connectivity index (χ2v) is 5.92. The number of amides is 3. The van der Waals surface area contributed by atoms with Crippen LogP contribution in [-0.2, 0) is 4.79 Å². The van der Waals surface area contributed by atoms with Gasteiger partial charge in [0, 0.05) is 5.56 Å². The molecule has 7 heteroatoms. The molecule has 0 bridgehead atoms. The normalized spacial score (nSPS) is 11.6. The predicted octanol–water partition coefficient (Wildman–Crippen LogP) is 1.91. The highest BCUT2D eigenvalue weighted by molar-refractivity contribution is 7.14. The molecule has 0 fully saturated rings. The first-order chi connectivity index (χ1) is 10.9. The van der Waals surface area contributed by atoms with E-state index >= 15 is 0 Å². The van der Waals surface area contributed by atoms with Crippen molar-refractivity contribution in [3.05, 3.63) is 52.4 Å². The van der Waals surface area contributed by atoms with Crippen LogP contribution in [0.5, 0.6) is 0 Å². The van der Waals surface area contributed by atoms with Crippen LogP contribution in [0.25, 0.3) is 0 Å². The van der Waals surface area contributed by atoms with Crippen molar-refractivity contribution in [2.45, 2.75) is 19.9 Å². The fourth-order valence-corrected chi connectivity index (χ4v) is 3.04. The number of carbonyl (C=O) groups is 3. The van der Waals surface area contributed by atoms with Gasteiger partial charge in [0.05, 0.1) is 5.56 Å². The number of carbonyl (C=O) groups excluding carboxylic acids is 3. The molecule has 4 N–H and O–H groups in total. The Hall–Kier alpha value is -2.67. The zero-order chi connectivity index (χ0) is 17.0. The van der Waals surface area contributed by atoms with Crippen LogP contribution in [0.1, 0.15) is 33.2 Å². The number of anilines is 1. The molecule has 0 radical (unpaired) electrons. The van der Waals surface area contributed by atoms with Gasteiger partial charge < -0.3 is 11.1 Å². The molecular formula is C16H17N3O3S. The van der Waals surface area contributed by atoms with Crippen LogP contribution < -0.4 is 16.4 Å². The Morgan fingerprint density at radius 3 is 2.43 bits per heavy atom. The van der Waals surface area contributed by atoms with E-state index in [9.17, 15) is 14.4 Å². The number of hydrogen-bond donors (Lipinski definition) is 3. The minimum atomic E-state index is -0.696. The fraction of sp³-hybridized carbons (Fsp3) is 0.188. The number of hydrogen-bond acceptors (Lipinski definition) is 5. The van der Waals surface area contributed by atoms with Crippen molar-refractivity contribution in [1.29, 1.82) is 0 Å². The van der Waals surface area contributed by atoms with Crippen molar-refractivity contribution in [2.24, 2.45) is 5.73 Å².